The van der Waals surface area contributed by atoms with Crippen LogP contribution in [0.3, 0.4) is 0 Å². The van der Waals surface area contributed by atoms with Crippen molar-refractivity contribution in [2.75, 3.05) is 11.9 Å². The summed E-state index contributed by atoms with van der Waals surface area (Å²) in [6.07, 6.45) is 0. The van der Waals surface area contributed by atoms with Crippen LogP contribution in [0.5, 0.6) is 5.75 Å². The summed E-state index contributed by atoms with van der Waals surface area (Å²) in [7, 11) is 0. The van der Waals surface area contributed by atoms with E-state index in [-0.39, 0.29) is 5.92 Å². The van der Waals surface area contributed by atoms with Gasteiger partial charge in [-0.2, -0.15) is 0 Å². The van der Waals surface area contributed by atoms with E-state index < -0.39 is 18.0 Å². The molecule has 6 heteroatoms. The van der Waals surface area contributed by atoms with Crippen LogP contribution in [0.1, 0.15) is 20.8 Å². The van der Waals surface area contributed by atoms with Crippen molar-refractivity contribution in [2.45, 2.75) is 26.8 Å². The van der Waals surface area contributed by atoms with Crippen molar-refractivity contribution in [1.82, 2.24) is 5.32 Å². The number of carboxylic acid groups (broad SMARTS) is 1. The minimum Gasteiger partial charge on any atom is -0.494 e. The normalized spacial score (nSPS) is 11.8. The molecule has 6 nitrogen and oxygen atoms in total. The molecule has 0 saturated carbocycles. The lowest BCUT2D eigenvalue weighted by Gasteiger charge is -2.18. The van der Waals surface area contributed by atoms with Crippen molar-refractivity contribution >= 4 is 17.7 Å². The van der Waals surface area contributed by atoms with E-state index in [0.29, 0.717) is 18.0 Å². The van der Waals surface area contributed by atoms with Crippen molar-refractivity contribution in [3.05, 3.63) is 24.3 Å². The Morgan fingerprint density at radius 2 is 2.05 bits per heavy atom. The number of nitrogens with one attached hydrogen (secondary N) is 2. The maximum absolute atomic E-state index is 11.8. The SMILES string of the molecule is CCOc1cccc(NC(=O)NC(C(=O)O)C(C)C)c1. The molecule has 2 amide bonds. The van der Waals surface area contributed by atoms with E-state index in [2.05, 4.69) is 10.6 Å². The van der Waals surface area contributed by atoms with Gasteiger partial charge in [-0.05, 0) is 25.0 Å². The third kappa shape index (κ3) is 4.79. The summed E-state index contributed by atoms with van der Waals surface area (Å²) in [4.78, 5) is 22.8. The number of benzene rings is 1. The quantitative estimate of drug-likeness (QED) is 0.746. The minimum absolute atomic E-state index is 0.201. The summed E-state index contributed by atoms with van der Waals surface area (Å²) in [6, 6.07) is 5.42. The van der Waals surface area contributed by atoms with Crippen LogP contribution in [0.2, 0.25) is 0 Å². The molecule has 0 aliphatic rings. The molecule has 0 radical (unpaired) electrons. The first-order valence-electron chi connectivity index (χ1n) is 6.47. The minimum atomic E-state index is -1.06. The van der Waals surface area contributed by atoms with Gasteiger partial charge >= 0.3 is 12.0 Å². The van der Waals surface area contributed by atoms with Crippen molar-refractivity contribution < 1.29 is 19.4 Å². The Bertz CT molecular complexity index is 474. The van der Waals surface area contributed by atoms with Crippen LogP contribution in [0.4, 0.5) is 10.5 Å². The molecule has 0 saturated heterocycles. The number of carboxylic acids is 1. The highest BCUT2D eigenvalue weighted by molar-refractivity contribution is 5.92. The number of ether oxygens (including phenoxy) is 1. The fraction of sp³-hybridized carbons (Fsp3) is 0.429. The second kappa shape index (κ2) is 7.37. The summed E-state index contributed by atoms with van der Waals surface area (Å²) in [5.74, 6) is -0.616. The molecule has 1 unspecified atom stereocenters. The Morgan fingerprint density at radius 3 is 2.60 bits per heavy atom. The highest BCUT2D eigenvalue weighted by Crippen LogP contribution is 2.17. The molecule has 0 spiro atoms. The van der Waals surface area contributed by atoms with Crippen LogP contribution in [0.25, 0.3) is 0 Å². The van der Waals surface area contributed by atoms with Gasteiger partial charge in [0.25, 0.3) is 0 Å². The third-order valence-electron chi connectivity index (χ3n) is 2.62. The van der Waals surface area contributed by atoms with Crippen LogP contribution in [-0.4, -0.2) is 29.8 Å². The fourth-order valence-corrected chi connectivity index (χ4v) is 1.65. The Labute approximate surface area is 118 Å². The second-order valence-corrected chi connectivity index (χ2v) is 4.62. The Balaban J connectivity index is 2.66. The Morgan fingerprint density at radius 1 is 1.35 bits per heavy atom. The number of hydrogen-bond donors (Lipinski definition) is 3. The standard InChI is InChI=1S/C14H20N2O4/c1-4-20-11-7-5-6-10(8-11)15-14(19)16-12(9(2)3)13(17)18/h5-9,12H,4H2,1-3H3,(H,17,18)(H2,15,16,19). The average Bonchev–Trinajstić information content (AvgIpc) is 2.36. The molecule has 0 aliphatic carbocycles. The van der Waals surface area contributed by atoms with Gasteiger partial charge in [0.15, 0.2) is 0 Å². The fourth-order valence-electron chi connectivity index (χ4n) is 1.65. The van der Waals surface area contributed by atoms with Gasteiger partial charge in [0, 0.05) is 11.8 Å². The number of amides is 2. The maximum atomic E-state index is 11.8. The largest absolute Gasteiger partial charge is 0.494 e. The topological polar surface area (TPSA) is 87.7 Å². The molecular formula is C14H20N2O4. The number of hydrogen-bond acceptors (Lipinski definition) is 3. The molecule has 1 aromatic carbocycles. The molecule has 1 atom stereocenters. The number of urea groups is 1. The van der Waals surface area contributed by atoms with Gasteiger partial charge in [-0.3, -0.25) is 0 Å². The Kier molecular flexibility index (Phi) is 5.83. The Hall–Kier alpha value is -2.24. The highest BCUT2D eigenvalue weighted by Gasteiger charge is 2.23. The molecule has 110 valence electrons. The van der Waals surface area contributed by atoms with Gasteiger partial charge in [-0.15, -0.1) is 0 Å². The molecule has 0 aromatic heterocycles. The highest BCUT2D eigenvalue weighted by atomic mass is 16.5. The summed E-state index contributed by atoms with van der Waals surface area (Å²) in [5.41, 5.74) is 0.543. The molecule has 0 aliphatic heterocycles. The molecule has 0 heterocycles. The third-order valence-corrected chi connectivity index (χ3v) is 2.62. The zero-order valence-corrected chi connectivity index (χ0v) is 11.8. The second-order valence-electron chi connectivity index (χ2n) is 4.62. The van der Waals surface area contributed by atoms with Crippen LogP contribution in [0.15, 0.2) is 24.3 Å². The summed E-state index contributed by atoms with van der Waals surface area (Å²) in [6.45, 7) is 5.86. The lowest BCUT2D eigenvalue weighted by atomic mass is 10.1. The van der Waals surface area contributed by atoms with Crippen LogP contribution < -0.4 is 15.4 Å². The zero-order chi connectivity index (χ0) is 15.1. The van der Waals surface area contributed by atoms with E-state index in [1.54, 1.807) is 38.1 Å². The molecule has 3 N–H and O–H groups in total. The predicted octanol–water partition coefficient (Wildman–Crippen LogP) is 2.32. The smallest absolute Gasteiger partial charge is 0.326 e. The predicted molar refractivity (Wildman–Crippen MR) is 76.0 cm³/mol. The molecule has 0 fully saturated rings. The van der Waals surface area contributed by atoms with E-state index in [9.17, 15) is 9.59 Å². The monoisotopic (exact) mass is 280 g/mol. The summed E-state index contributed by atoms with van der Waals surface area (Å²) in [5, 5.41) is 14.0. The number of rotatable bonds is 6. The summed E-state index contributed by atoms with van der Waals surface area (Å²) < 4.78 is 5.32. The molecular weight excluding hydrogens is 260 g/mol. The van der Waals surface area contributed by atoms with E-state index in [0.717, 1.165) is 0 Å². The van der Waals surface area contributed by atoms with Crippen LogP contribution in [-0.2, 0) is 4.79 Å². The van der Waals surface area contributed by atoms with Gasteiger partial charge in [0.2, 0.25) is 0 Å². The van der Waals surface area contributed by atoms with Crippen LogP contribution >= 0.6 is 0 Å². The number of carbonyl (C=O) groups is 2. The van der Waals surface area contributed by atoms with Crippen molar-refractivity contribution in [1.29, 1.82) is 0 Å². The zero-order valence-electron chi connectivity index (χ0n) is 11.8. The maximum Gasteiger partial charge on any atom is 0.326 e. The number of carbonyl (C=O) groups excluding carboxylic acids is 1. The molecule has 1 rings (SSSR count). The van der Waals surface area contributed by atoms with E-state index in [1.807, 2.05) is 6.92 Å². The molecule has 1 aromatic rings. The van der Waals surface area contributed by atoms with Gasteiger partial charge in [-0.25, -0.2) is 9.59 Å². The molecule has 20 heavy (non-hydrogen) atoms. The molecule has 0 bridgehead atoms. The van der Waals surface area contributed by atoms with Gasteiger partial charge in [-0.1, -0.05) is 19.9 Å². The van der Waals surface area contributed by atoms with Crippen molar-refractivity contribution in [3.63, 3.8) is 0 Å². The van der Waals surface area contributed by atoms with Gasteiger partial charge in [0.05, 0.1) is 6.61 Å². The number of aliphatic carboxylic acids is 1. The first kappa shape index (κ1) is 15.8. The van der Waals surface area contributed by atoms with Crippen molar-refractivity contribution in [3.8, 4) is 5.75 Å². The summed E-state index contributed by atoms with van der Waals surface area (Å²) >= 11 is 0. The lowest BCUT2D eigenvalue weighted by molar-refractivity contribution is -0.140. The first-order chi connectivity index (χ1) is 9.43. The van der Waals surface area contributed by atoms with Crippen LogP contribution in [0, 0.1) is 5.92 Å². The van der Waals surface area contributed by atoms with Crippen molar-refractivity contribution in [2.24, 2.45) is 5.92 Å². The average molecular weight is 280 g/mol. The van der Waals surface area contributed by atoms with E-state index >= 15 is 0 Å². The van der Waals surface area contributed by atoms with Gasteiger partial charge in [0.1, 0.15) is 11.8 Å². The van der Waals surface area contributed by atoms with E-state index in [1.165, 1.54) is 0 Å². The van der Waals surface area contributed by atoms with Gasteiger partial charge < -0.3 is 20.5 Å². The van der Waals surface area contributed by atoms with E-state index in [4.69, 9.17) is 9.84 Å². The lowest BCUT2D eigenvalue weighted by Crippen LogP contribution is -2.46. The number of anilines is 1. The first-order valence-corrected chi connectivity index (χ1v) is 6.47.